The summed E-state index contributed by atoms with van der Waals surface area (Å²) in [6, 6.07) is 2.07. The lowest BCUT2D eigenvalue weighted by Crippen LogP contribution is -2.48. The molecule has 5 nitrogen and oxygen atoms in total. The van der Waals surface area contributed by atoms with Crippen LogP contribution in [-0.2, 0) is 24.2 Å². The number of amides is 1. The summed E-state index contributed by atoms with van der Waals surface area (Å²) < 4.78 is 0. The van der Waals surface area contributed by atoms with E-state index in [1.54, 1.807) is 34.0 Å². The van der Waals surface area contributed by atoms with E-state index in [4.69, 9.17) is 0 Å². The van der Waals surface area contributed by atoms with Gasteiger partial charge in [-0.05, 0) is 17.9 Å². The number of thiophene rings is 1. The van der Waals surface area contributed by atoms with Crippen LogP contribution in [0.25, 0.3) is 10.6 Å². The Morgan fingerprint density at radius 2 is 1.89 bits per heavy atom. The Morgan fingerprint density at radius 1 is 1.07 bits per heavy atom. The summed E-state index contributed by atoms with van der Waals surface area (Å²) in [4.78, 5) is 26.3. The van der Waals surface area contributed by atoms with Crippen LogP contribution in [0.2, 0.25) is 0 Å². The third-order valence-corrected chi connectivity index (χ3v) is 7.33. The maximum absolute atomic E-state index is 12.6. The van der Waals surface area contributed by atoms with Gasteiger partial charge in [-0.25, -0.2) is 9.97 Å². The van der Waals surface area contributed by atoms with Gasteiger partial charge < -0.3 is 4.90 Å². The van der Waals surface area contributed by atoms with Gasteiger partial charge in [0.1, 0.15) is 5.01 Å². The summed E-state index contributed by atoms with van der Waals surface area (Å²) in [6.07, 6.45) is 1.39. The Balaban J connectivity index is 1.27. The van der Waals surface area contributed by atoms with Crippen LogP contribution >= 0.6 is 34.0 Å². The topological polar surface area (TPSA) is 49.3 Å². The zero-order valence-electron chi connectivity index (χ0n) is 15.3. The molecule has 1 saturated heterocycles. The summed E-state index contributed by atoms with van der Waals surface area (Å²) in [5.41, 5.74) is 3.17. The van der Waals surface area contributed by atoms with Gasteiger partial charge in [-0.3, -0.25) is 9.69 Å². The Labute approximate surface area is 171 Å². The zero-order chi connectivity index (χ0) is 18.6. The molecule has 0 N–H and O–H groups in total. The van der Waals surface area contributed by atoms with E-state index in [0.29, 0.717) is 6.42 Å². The van der Waals surface area contributed by atoms with Crippen molar-refractivity contribution >= 4 is 39.9 Å². The number of carbonyl (C=O) groups excluding carboxylic acids is 1. The molecule has 0 aromatic carbocycles. The number of thiazole rings is 2. The van der Waals surface area contributed by atoms with Crippen LogP contribution in [-0.4, -0.2) is 51.9 Å². The van der Waals surface area contributed by atoms with Crippen molar-refractivity contribution in [1.82, 2.24) is 19.8 Å². The quantitative estimate of drug-likeness (QED) is 0.611. The van der Waals surface area contributed by atoms with Crippen molar-refractivity contribution in [1.29, 1.82) is 0 Å². The largest absolute Gasteiger partial charge is 0.340 e. The molecule has 4 rings (SSSR count). The van der Waals surface area contributed by atoms with Crippen LogP contribution in [0.1, 0.15) is 23.3 Å². The predicted octanol–water partition coefficient (Wildman–Crippen LogP) is 3.78. The van der Waals surface area contributed by atoms with Gasteiger partial charge in [0.05, 0.1) is 22.8 Å². The molecule has 0 spiro atoms. The maximum atomic E-state index is 12.6. The van der Waals surface area contributed by atoms with Crippen LogP contribution in [0.15, 0.2) is 27.6 Å². The number of piperazine rings is 1. The van der Waals surface area contributed by atoms with Gasteiger partial charge in [-0.1, -0.05) is 6.92 Å². The van der Waals surface area contributed by atoms with Gasteiger partial charge in [0, 0.05) is 54.4 Å². The van der Waals surface area contributed by atoms with Crippen molar-refractivity contribution < 1.29 is 4.79 Å². The van der Waals surface area contributed by atoms with Gasteiger partial charge in [0.25, 0.3) is 0 Å². The molecule has 3 aromatic rings. The van der Waals surface area contributed by atoms with Crippen molar-refractivity contribution in [3.05, 3.63) is 44.0 Å². The highest BCUT2D eigenvalue weighted by Gasteiger charge is 2.22. The normalized spacial score (nSPS) is 15.4. The Kier molecular flexibility index (Phi) is 5.97. The molecule has 1 amide bonds. The molecule has 27 heavy (non-hydrogen) atoms. The highest BCUT2D eigenvalue weighted by atomic mass is 32.1. The van der Waals surface area contributed by atoms with Gasteiger partial charge in [-0.2, -0.15) is 11.3 Å². The predicted molar refractivity (Wildman–Crippen MR) is 112 cm³/mol. The summed E-state index contributed by atoms with van der Waals surface area (Å²) in [5.74, 6) is 0.179. The molecule has 1 aliphatic heterocycles. The molecule has 142 valence electrons. The molecule has 0 saturated carbocycles. The second-order valence-electron chi connectivity index (χ2n) is 6.58. The lowest BCUT2D eigenvalue weighted by atomic mass is 10.2. The lowest BCUT2D eigenvalue weighted by Gasteiger charge is -2.34. The average molecular weight is 419 g/mol. The molecule has 8 heteroatoms. The number of rotatable bonds is 6. The van der Waals surface area contributed by atoms with E-state index in [2.05, 4.69) is 44.0 Å². The van der Waals surface area contributed by atoms with Gasteiger partial charge >= 0.3 is 0 Å². The van der Waals surface area contributed by atoms with Crippen molar-refractivity contribution in [2.45, 2.75) is 26.3 Å². The van der Waals surface area contributed by atoms with E-state index in [1.165, 1.54) is 5.01 Å². The summed E-state index contributed by atoms with van der Waals surface area (Å²) in [7, 11) is 0. The Morgan fingerprint density at radius 3 is 2.59 bits per heavy atom. The fraction of sp³-hybridized carbons (Fsp3) is 0.421. The second-order valence-corrected chi connectivity index (χ2v) is 9.16. The number of hydrogen-bond acceptors (Lipinski definition) is 7. The van der Waals surface area contributed by atoms with E-state index in [9.17, 15) is 4.79 Å². The minimum absolute atomic E-state index is 0.179. The van der Waals surface area contributed by atoms with Crippen LogP contribution in [0.3, 0.4) is 0 Å². The molecule has 0 radical (unpaired) electrons. The van der Waals surface area contributed by atoms with E-state index < -0.39 is 0 Å². The number of nitrogens with zero attached hydrogens (tertiary/aromatic N) is 4. The van der Waals surface area contributed by atoms with Crippen LogP contribution in [0.4, 0.5) is 0 Å². The molecule has 1 aliphatic rings. The molecule has 4 heterocycles. The first-order valence-corrected chi connectivity index (χ1v) is 11.8. The van der Waals surface area contributed by atoms with Gasteiger partial charge in [0.2, 0.25) is 5.91 Å². The van der Waals surface area contributed by atoms with Gasteiger partial charge in [-0.15, -0.1) is 22.7 Å². The Bertz CT molecular complexity index is 879. The molecular formula is C19H22N4OS3. The molecule has 3 aromatic heterocycles. The first-order valence-electron chi connectivity index (χ1n) is 9.11. The standard InChI is InChI=1S/C19H22N4OS3/c1-2-17-20-16(13-26-17)10-22-4-6-23(7-5-22)18(24)9-15-12-27-19(21-15)14-3-8-25-11-14/h3,8,11-13H,2,4-7,9-10H2,1H3. The SMILES string of the molecule is CCc1nc(CN2CCN(C(=O)Cc3csc(-c4ccsc4)n3)CC2)cs1. The monoisotopic (exact) mass is 418 g/mol. The molecule has 0 unspecified atom stereocenters. The van der Waals surface area contributed by atoms with Gasteiger partial charge in [0.15, 0.2) is 0 Å². The average Bonchev–Trinajstić information content (AvgIpc) is 3.44. The zero-order valence-corrected chi connectivity index (χ0v) is 17.7. The number of aryl methyl sites for hydroxylation is 1. The Hall–Kier alpha value is -1.61. The molecular weight excluding hydrogens is 396 g/mol. The maximum Gasteiger partial charge on any atom is 0.228 e. The summed E-state index contributed by atoms with van der Waals surface area (Å²) >= 11 is 5.02. The van der Waals surface area contributed by atoms with E-state index >= 15 is 0 Å². The fourth-order valence-corrected chi connectivity index (χ4v) is 5.41. The third-order valence-electron chi connectivity index (χ3n) is 4.66. The highest BCUT2D eigenvalue weighted by Crippen LogP contribution is 2.26. The third kappa shape index (κ3) is 4.63. The number of carbonyl (C=O) groups is 1. The van der Waals surface area contributed by atoms with E-state index in [1.807, 2.05) is 10.3 Å². The second kappa shape index (κ2) is 8.60. The molecule has 0 bridgehead atoms. The highest BCUT2D eigenvalue weighted by molar-refractivity contribution is 7.14. The number of aromatic nitrogens is 2. The minimum atomic E-state index is 0.179. The van der Waals surface area contributed by atoms with Crippen LogP contribution in [0, 0.1) is 0 Å². The smallest absolute Gasteiger partial charge is 0.228 e. The van der Waals surface area contributed by atoms with Crippen LogP contribution in [0.5, 0.6) is 0 Å². The van der Waals surface area contributed by atoms with Crippen LogP contribution < -0.4 is 0 Å². The molecule has 1 fully saturated rings. The van der Waals surface area contributed by atoms with E-state index in [0.717, 1.165) is 61.1 Å². The minimum Gasteiger partial charge on any atom is -0.340 e. The van der Waals surface area contributed by atoms with Crippen molar-refractivity contribution in [3.63, 3.8) is 0 Å². The van der Waals surface area contributed by atoms with E-state index in [-0.39, 0.29) is 5.91 Å². The molecule has 0 atom stereocenters. The summed E-state index contributed by atoms with van der Waals surface area (Å²) in [5, 5.41) is 10.5. The first-order chi connectivity index (χ1) is 13.2. The number of hydrogen-bond donors (Lipinski definition) is 0. The first kappa shape index (κ1) is 18.7. The fourth-order valence-electron chi connectivity index (χ4n) is 3.14. The summed E-state index contributed by atoms with van der Waals surface area (Å²) in [6.45, 7) is 6.40. The van der Waals surface area contributed by atoms with Crippen molar-refractivity contribution in [2.75, 3.05) is 26.2 Å². The lowest BCUT2D eigenvalue weighted by molar-refractivity contribution is -0.132. The molecule has 0 aliphatic carbocycles. The van der Waals surface area contributed by atoms with Crippen molar-refractivity contribution in [2.24, 2.45) is 0 Å². The van der Waals surface area contributed by atoms with Crippen molar-refractivity contribution in [3.8, 4) is 10.6 Å².